The summed E-state index contributed by atoms with van der Waals surface area (Å²) in [4.78, 5) is 14.9. The van der Waals surface area contributed by atoms with Gasteiger partial charge in [-0.15, -0.1) is 0 Å². The van der Waals surface area contributed by atoms with Crippen LogP contribution in [-0.4, -0.2) is 39.4 Å². The number of ether oxygens (including phenoxy) is 1. The van der Waals surface area contributed by atoms with Crippen LogP contribution in [-0.2, 0) is 10.0 Å². The van der Waals surface area contributed by atoms with Gasteiger partial charge in [-0.2, -0.15) is 0 Å². The van der Waals surface area contributed by atoms with Gasteiger partial charge in [0.2, 0.25) is 0 Å². The lowest BCUT2D eigenvalue weighted by atomic mass is 9.89. The molecular weight excluding hydrogens is 424 g/mol. The number of piperidine rings is 1. The molecule has 0 saturated carbocycles. The number of benzene rings is 3. The largest absolute Gasteiger partial charge is 0.497 e. The van der Waals surface area contributed by atoms with Crippen LogP contribution in [0.2, 0.25) is 0 Å². The molecule has 1 aliphatic heterocycles. The molecule has 32 heavy (non-hydrogen) atoms. The summed E-state index contributed by atoms with van der Waals surface area (Å²) in [5.41, 5.74) is 2.25. The molecule has 0 aromatic heterocycles. The summed E-state index contributed by atoms with van der Waals surface area (Å²) in [7, 11) is -2.20. The number of methoxy groups -OCH3 is 1. The number of hydrogen-bond donors (Lipinski definition) is 1. The summed E-state index contributed by atoms with van der Waals surface area (Å²) < 4.78 is 33.0. The summed E-state index contributed by atoms with van der Waals surface area (Å²) in [5, 5.41) is 0. The summed E-state index contributed by atoms with van der Waals surface area (Å²) in [6.07, 6.45) is 1.85. The second-order valence-electron chi connectivity index (χ2n) is 7.84. The van der Waals surface area contributed by atoms with Gasteiger partial charge in [0.15, 0.2) is 0 Å². The van der Waals surface area contributed by atoms with Gasteiger partial charge in [-0.25, -0.2) is 8.42 Å². The Morgan fingerprint density at radius 3 is 2.12 bits per heavy atom. The van der Waals surface area contributed by atoms with Crippen molar-refractivity contribution in [3.05, 3.63) is 90.0 Å². The highest BCUT2D eigenvalue weighted by Crippen LogP contribution is 2.28. The van der Waals surface area contributed by atoms with Crippen molar-refractivity contribution in [2.24, 2.45) is 0 Å². The summed E-state index contributed by atoms with van der Waals surface area (Å²) >= 11 is 0. The number of rotatable bonds is 6. The highest BCUT2D eigenvalue weighted by Gasteiger charge is 2.25. The molecule has 7 heteroatoms. The van der Waals surface area contributed by atoms with E-state index in [2.05, 4.69) is 16.9 Å². The predicted molar refractivity (Wildman–Crippen MR) is 125 cm³/mol. The van der Waals surface area contributed by atoms with Gasteiger partial charge < -0.3 is 9.64 Å². The average molecular weight is 451 g/mol. The Bertz CT molecular complexity index is 1150. The summed E-state index contributed by atoms with van der Waals surface area (Å²) in [5.74, 6) is 1.05. The van der Waals surface area contributed by atoms with E-state index in [4.69, 9.17) is 4.74 Å². The highest BCUT2D eigenvalue weighted by molar-refractivity contribution is 7.92. The lowest BCUT2D eigenvalue weighted by Crippen LogP contribution is -2.37. The van der Waals surface area contributed by atoms with Crippen LogP contribution < -0.4 is 9.46 Å². The van der Waals surface area contributed by atoms with Crippen molar-refractivity contribution in [2.75, 3.05) is 24.9 Å². The number of amides is 1. The van der Waals surface area contributed by atoms with Crippen LogP contribution in [0.25, 0.3) is 0 Å². The van der Waals surface area contributed by atoms with E-state index >= 15 is 0 Å². The number of nitrogens with zero attached hydrogens (tertiary/aromatic N) is 1. The summed E-state index contributed by atoms with van der Waals surface area (Å²) in [6, 6.07) is 23.1. The SMILES string of the molecule is COc1ccc(NS(=O)(=O)c2ccc(C(=O)N3CCC(c4ccccc4)CC3)cc2)cc1. The number of sulfonamides is 1. The zero-order valence-corrected chi connectivity index (χ0v) is 18.7. The molecule has 0 spiro atoms. The van der Waals surface area contributed by atoms with Gasteiger partial charge in [-0.3, -0.25) is 9.52 Å². The average Bonchev–Trinajstić information content (AvgIpc) is 2.84. The molecular formula is C25H26N2O4S. The Balaban J connectivity index is 1.39. The molecule has 0 aliphatic carbocycles. The molecule has 1 amide bonds. The molecule has 1 aliphatic rings. The van der Waals surface area contributed by atoms with Crippen molar-refractivity contribution in [3.63, 3.8) is 0 Å². The van der Waals surface area contributed by atoms with E-state index < -0.39 is 10.0 Å². The molecule has 0 unspecified atom stereocenters. The van der Waals surface area contributed by atoms with Crippen LogP contribution in [0.5, 0.6) is 5.75 Å². The van der Waals surface area contributed by atoms with E-state index in [0.29, 0.717) is 36.0 Å². The maximum Gasteiger partial charge on any atom is 0.261 e. The Labute approximate surface area is 188 Å². The Hall–Kier alpha value is -3.32. The fourth-order valence-corrected chi connectivity index (χ4v) is 5.03. The van der Waals surface area contributed by atoms with Gasteiger partial charge in [0, 0.05) is 24.3 Å². The minimum absolute atomic E-state index is 0.0661. The van der Waals surface area contributed by atoms with Crippen molar-refractivity contribution in [2.45, 2.75) is 23.7 Å². The fourth-order valence-electron chi connectivity index (χ4n) is 3.97. The fraction of sp³-hybridized carbons (Fsp3) is 0.240. The van der Waals surface area contributed by atoms with Crippen LogP contribution in [0.15, 0.2) is 83.8 Å². The Kier molecular flexibility index (Phi) is 6.46. The minimum Gasteiger partial charge on any atom is -0.497 e. The lowest BCUT2D eigenvalue weighted by Gasteiger charge is -2.32. The normalized spacial score (nSPS) is 14.7. The van der Waals surface area contributed by atoms with Gasteiger partial charge in [-0.1, -0.05) is 30.3 Å². The van der Waals surface area contributed by atoms with E-state index in [9.17, 15) is 13.2 Å². The van der Waals surface area contributed by atoms with Crippen molar-refractivity contribution in [1.82, 2.24) is 4.90 Å². The Morgan fingerprint density at radius 1 is 0.906 bits per heavy atom. The predicted octanol–water partition coefficient (Wildman–Crippen LogP) is 4.52. The first-order valence-corrected chi connectivity index (χ1v) is 12.1. The number of anilines is 1. The molecule has 0 radical (unpaired) electrons. The number of nitrogens with one attached hydrogen (secondary N) is 1. The van der Waals surface area contributed by atoms with E-state index in [1.165, 1.54) is 17.7 Å². The van der Waals surface area contributed by atoms with Gasteiger partial charge in [-0.05, 0) is 72.9 Å². The maximum atomic E-state index is 12.9. The molecule has 4 rings (SSSR count). The molecule has 3 aromatic rings. The van der Waals surface area contributed by atoms with Crippen LogP contribution in [0, 0.1) is 0 Å². The second kappa shape index (κ2) is 9.44. The number of carbonyl (C=O) groups excluding carboxylic acids is 1. The standard InChI is InChI=1S/C25H26N2O4S/c1-31-23-11-9-22(10-12-23)26-32(29,30)24-13-7-21(8-14-24)25(28)27-17-15-20(16-18-27)19-5-3-2-4-6-19/h2-14,20,26H,15-18H2,1H3. The Morgan fingerprint density at radius 2 is 1.53 bits per heavy atom. The van der Waals surface area contributed by atoms with Crippen molar-refractivity contribution < 1.29 is 17.9 Å². The van der Waals surface area contributed by atoms with E-state index in [0.717, 1.165) is 12.8 Å². The van der Waals surface area contributed by atoms with Crippen molar-refractivity contribution in [1.29, 1.82) is 0 Å². The molecule has 0 bridgehead atoms. The molecule has 6 nitrogen and oxygen atoms in total. The van der Waals surface area contributed by atoms with E-state index in [1.807, 2.05) is 23.1 Å². The van der Waals surface area contributed by atoms with Crippen molar-refractivity contribution >= 4 is 21.6 Å². The molecule has 3 aromatic carbocycles. The molecule has 166 valence electrons. The minimum atomic E-state index is -3.75. The van der Waals surface area contributed by atoms with Gasteiger partial charge in [0.05, 0.1) is 12.0 Å². The first kappa shape index (κ1) is 21.9. The van der Waals surface area contributed by atoms with Crippen LogP contribution in [0.3, 0.4) is 0 Å². The molecule has 1 heterocycles. The van der Waals surface area contributed by atoms with Crippen LogP contribution >= 0.6 is 0 Å². The van der Waals surface area contributed by atoms with Crippen LogP contribution in [0.4, 0.5) is 5.69 Å². The molecule has 1 N–H and O–H groups in total. The zero-order valence-electron chi connectivity index (χ0n) is 17.9. The smallest absolute Gasteiger partial charge is 0.261 e. The first-order chi connectivity index (χ1) is 15.5. The molecule has 1 saturated heterocycles. The third-order valence-corrected chi connectivity index (χ3v) is 7.20. The summed E-state index contributed by atoms with van der Waals surface area (Å²) in [6.45, 7) is 1.38. The van der Waals surface area contributed by atoms with Gasteiger partial charge in [0.1, 0.15) is 5.75 Å². The quantitative estimate of drug-likeness (QED) is 0.599. The van der Waals surface area contributed by atoms with Crippen molar-refractivity contribution in [3.8, 4) is 5.75 Å². The van der Waals surface area contributed by atoms with E-state index in [-0.39, 0.29) is 10.8 Å². The second-order valence-corrected chi connectivity index (χ2v) is 9.52. The zero-order chi connectivity index (χ0) is 22.6. The molecule has 1 fully saturated rings. The van der Waals surface area contributed by atoms with Gasteiger partial charge in [0.25, 0.3) is 15.9 Å². The first-order valence-electron chi connectivity index (χ1n) is 10.6. The topological polar surface area (TPSA) is 75.7 Å². The monoisotopic (exact) mass is 450 g/mol. The maximum absolute atomic E-state index is 12.9. The van der Waals surface area contributed by atoms with Gasteiger partial charge >= 0.3 is 0 Å². The highest BCUT2D eigenvalue weighted by atomic mass is 32.2. The number of carbonyl (C=O) groups is 1. The number of likely N-dealkylation sites (tertiary alicyclic amines) is 1. The van der Waals surface area contributed by atoms with Crippen LogP contribution in [0.1, 0.15) is 34.7 Å². The molecule has 0 atom stereocenters. The third-order valence-electron chi connectivity index (χ3n) is 5.81. The lowest BCUT2D eigenvalue weighted by molar-refractivity contribution is 0.0713. The van der Waals surface area contributed by atoms with E-state index in [1.54, 1.807) is 43.5 Å². The number of hydrogen-bond acceptors (Lipinski definition) is 4. The third kappa shape index (κ3) is 4.94.